The normalized spacial score (nSPS) is 18.5. The number of rotatable bonds is 2. The summed E-state index contributed by atoms with van der Waals surface area (Å²) in [5.74, 6) is 1.83. The van der Waals surface area contributed by atoms with E-state index in [1.807, 2.05) is 36.7 Å². The van der Waals surface area contributed by atoms with E-state index in [1.54, 1.807) is 12.4 Å². The van der Waals surface area contributed by atoms with Gasteiger partial charge in [0.05, 0.1) is 29.0 Å². The van der Waals surface area contributed by atoms with Gasteiger partial charge in [0.1, 0.15) is 11.6 Å². The number of fused-ring (bicyclic) bond motifs is 2. The Morgan fingerprint density at radius 1 is 1.15 bits per heavy atom. The number of anilines is 1. The van der Waals surface area contributed by atoms with Crippen molar-refractivity contribution in [2.75, 3.05) is 24.6 Å². The first-order chi connectivity index (χ1) is 13.2. The van der Waals surface area contributed by atoms with Crippen LogP contribution in [0.4, 0.5) is 5.82 Å². The Balaban J connectivity index is 1.42. The summed E-state index contributed by atoms with van der Waals surface area (Å²) in [6, 6.07) is 4.28. The molecule has 0 N–H and O–H groups in total. The minimum absolute atomic E-state index is 0.177. The van der Waals surface area contributed by atoms with Crippen molar-refractivity contribution in [3.8, 4) is 10.6 Å². The fourth-order valence-corrected chi connectivity index (χ4v) is 5.29. The maximum Gasteiger partial charge on any atom is 0.132 e. The predicted octanol–water partition coefficient (Wildman–Crippen LogP) is 3.37. The Bertz CT molecular complexity index is 950. The van der Waals surface area contributed by atoms with Gasteiger partial charge in [-0.05, 0) is 37.5 Å². The predicted molar refractivity (Wildman–Crippen MR) is 105 cm³/mol. The van der Waals surface area contributed by atoms with Crippen molar-refractivity contribution in [1.82, 2.24) is 19.9 Å². The van der Waals surface area contributed by atoms with Crippen LogP contribution in [0, 0.1) is 6.92 Å². The Labute approximate surface area is 162 Å². The van der Waals surface area contributed by atoms with Gasteiger partial charge >= 0.3 is 0 Å². The number of hydrogen-bond donors (Lipinski definition) is 0. The minimum Gasteiger partial charge on any atom is -0.370 e. The van der Waals surface area contributed by atoms with Gasteiger partial charge in [0.15, 0.2) is 0 Å². The lowest BCUT2D eigenvalue weighted by Crippen LogP contribution is -2.46. The second kappa shape index (κ2) is 6.65. The molecule has 1 fully saturated rings. The second-order valence-electron chi connectivity index (χ2n) is 7.08. The maximum absolute atomic E-state index is 6.40. The summed E-state index contributed by atoms with van der Waals surface area (Å²) in [5.41, 5.74) is 2.13. The first-order valence-corrected chi connectivity index (χ1v) is 10.1. The molecule has 0 unspecified atom stereocenters. The van der Waals surface area contributed by atoms with Gasteiger partial charge in [0.2, 0.25) is 0 Å². The zero-order valence-corrected chi connectivity index (χ0v) is 16.1. The van der Waals surface area contributed by atoms with E-state index in [-0.39, 0.29) is 5.60 Å². The van der Waals surface area contributed by atoms with Crippen LogP contribution in [0.25, 0.3) is 10.6 Å². The van der Waals surface area contributed by atoms with E-state index >= 15 is 0 Å². The number of piperidine rings is 1. The van der Waals surface area contributed by atoms with Gasteiger partial charge in [-0.25, -0.2) is 9.97 Å². The Hall–Kier alpha value is -2.38. The average Bonchev–Trinajstić information content (AvgIpc) is 3.15. The molecule has 0 bridgehead atoms. The number of aryl methyl sites for hydroxylation is 1. The SMILES string of the molecule is Cc1nccc(N2CCC3(CC2)OCCc2sc(-c4cnccn4)cc23)n1. The third-order valence-electron chi connectivity index (χ3n) is 5.48. The Kier molecular flexibility index (Phi) is 4.13. The molecule has 0 saturated carbocycles. The molecule has 2 aliphatic heterocycles. The van der Waals surface area contributed by atoms with E-state index in [9.17, 15) is 0 Å². The molecular weight excluding hydrogens is 358 g/mol. The molecule has 1 spiro atoms. The summed E-state index contributed by atoms with van der Waals surface area (Å²) in [7, 11) is 0. The Morgan fingerprint density at radius 3 is 2.81 bits per heavy atom. The molecule has 0 atom stereocenters. The zero-order valence-electron chi connectivity index (χ0n) is 15.3. The van der Waals surface area contributed by atoms with Crippen molar-refractivity contribution in [1.29, 1.82) is 0 Å². The number of aromatic nitrogens is 4. The van der Waals surface area contributed by atoms with Crippen molar-refractivity contribution in [2.24, 2.45) is 0 Å². The van der Waals surface area contributed by atoms with Crippen molar-refractivity contribution in [3.63, 3.8) is 0 Å². The molecule has 7 heteroatoms. The van der Waals surface area contributed by atoms with Gasteiger partial charge < -0.3 is 9.64 Å². The van der Waals surface area contributed by atoms with Gasteiger partial charge in [0, 0.05) is 43.0 Å². The molecule has 0 aromatic carbocycles. The molecular formula is C20H21N5OS. The smallest absolute Gasteiger partial charge is 0.132 e. The molecule has 0 aliphatic carbocycles. The summed E-state index contributed by atoms with van der Waals surface area (Å²) in [4.78, 5) is 22.4. The zero-order chi connectivity index (χ0) is 18.3. The molecule has 3 aromatic heterocycles. The van der Waals surface area contributed by atoms with Gasteiger partial charge in [-0.3, -0.25) is 9.97 Å². The van der Waals surface area contributed by atoms with Crippen molar-refractivity contribution in [2.45, 2.75) is 31.8 Å². The molecule has 2 aliphatic rings. The van der Waals surface area contributed by atoms with Crippen LogP contribution in [0.3, 0.4) is 0 Å². The van der Waals surface area contributed by atoms with E-state index < -0.39 is 0 Å². The second-order valence-corrected chi connectivity index (χ2v) is 8.22. The van der Waals surface area contributed by atoms with Crippen LogP contribution >= 0.6 is 11.3 Å². The summed E-state index contributed by atoms with van der Waals surface area (Å²) in [6.45, 7) is 4.60. The van der Waals surface area contributed by atoms with Crippen LogP contribution in [0.1, 0.15) is 29.1 Å². The van der Waals surface area contributed by atoms with Gasteiger partial charge in [0.25, 0.3) is 0 Å². The van der Waals surface area contributed by atoms with E-state index in [0.29, 0.717) is 0 Å². The largest absolute Gasteiger partial charge is 0.370 e. The average molecular weight is 379 g/mol. The molecule has 0 radical (unpaired) electrons. The number of ether oxygens (including phenoxy) is 1. The lowest BCUT2D eigenvalue weighted by molar-refractivity contribution is -0.0757. The third kappa shape index (κ3) is 3.00. The van der Waals surface area contributed by atoms with Crippen LogP contribution < -0.4 is 4.90 Å². The number of hydrogen-bond acceptors (Lipinski definition) is 7. The Morgan fingerprint density at radius 2 is 2.04 bits per heavy atom. The van der Waals surface area contributed by atoms with Crippen LogP contribution in [0.15, 0.2) is 36.9 Å². The quantitative estimate of drug-likeness (QED) is 0.680. The van der Waals surface area contributed by atoms with Crippen LogP contribution in [0.2, 0.25) is 0 Å². The number of nitrogens with zero attached hydrogens (tertiary/aromatic N) is 5. The monoisotopic (exact) mass is 379 g/mol. The summed E-state index contributed by atoms with van der Waals surface area (Å²) < 4.78 is 6.40. The molecule has 6 nitrogen and oxygen atoms in total. The van der Waals surface area contributed by atoms with Gasteiger partial charge in [-0.1, -0.05) is 0 Å². The highest BCUT2D eigenvalue weighted by molar-refractivity contribution is 7.15. The van der Waals surface area contributed by atoms with E-state index in [2.05, 4.69) is 30.9 Å². The van der Waals surface area contributed by atoms with Crippen molar-refractivity contribution >= 4 is 17.2 Å². The topological polar surface area (TPSA) is 64.0 Å². The highest BCUT2D eigenvalue weighted by Crippen LogP contribution is 2.46. The fourth-order valence-electron chi connectivity index (χ4n) is 4.10. The standard InChI is InChI=1S/C20H21N5OS/c1-14-22-6-2-19(24-14)25-9-4-20(5-10-25)15-12-18(16-13-21-7-8-23-16)27-17(15)3-11-26-20/h2,6-8,12-13H,3-5,9-11H2,1H3. The van der Waals surface area contributed by atoms with Crippen LogP contribution in [-0.2, 0) is 16.8 Å². The molecule has 5 heterocycles. The minimum atomic E-state index is -0.177. The maximum atomic E-state index is 6.40. The summed E-state index contributed by atoms with van der Waals surface area (Å²) in [6.07, 6.45) is 10.1. The lowest BCUT2D eigenvalue weighted by atomic mass is 9.82. The van der Waals surface area contributed by atoms with Crippen LogP contribution in [0.5, 0.6) is 0 Å². The van der Waals surface area contributed by atoms with Crippen molar-refractivity contribution in [3.05, 3.63) is 53.2 Å². The lowest BCUT2D eigenvalue weighted by Gasteiger charge is -2.44. The molecule has 138 valence electrons. The van der Waals surface area contributed by atoms with Crippen LogP contribution in [-0.4, -0.2) is 39.6 Å². The fraction of sp³-hybridized carbons (Fsp3) is 0.400. The van der Waals surface area contributed by atoms with Gasteiger partial charge in [-0.15, -0.1) is 11.3 Å². The molecule has 27 heavy (non-hydrogen) atoms. The summed E-state index contributed by atoms with van der Waals surface area (Å²) >= 11 is 1.84. The highest BCUT2D eigenvalue weighted by Gasteiger charge is 2.42. The van der Waals surface area contributed by atoms with E-state index in [4.69, 9.17) is 4.74 Å². The van der Waals surface area contributed by atoms with Gasteiger partial charge in [-0.2, -0.15) is 0 Å². The highest BCUT2D eigenvalue weighted by atomic mass is 32.1. The molecule has 1 saturated heterocycles. The van der Waals surface area contributed by atoms with E-state index in [1.165, 1.54) is 15.3 Å². The first kappa shape index (κ1) is 16.8. The number of thiophene rings is 1. The first-order valence-electron chi connectivity index (χ1n) is 9.32. The molecule has 5 rings (SSSR count). The van der Waals surface area contributed by atoms with E-state index in [0.717, 1.165) is 56.3 Å². The van der Waals surface area contributed by atoms with Crippen molar-refractivity contribution < 1.29 is 4.74 Å². The molecule has 0 amide bonds. The third-order valence-corrected chi connectivity index (χ3v) is 6.70. The summed E-state index contributed by atoms with van der Waals surface area (Å²) in [5, 5.41) is 0. The molecule has 3 aromatic rings.